The van der Waals surface area contributed by atoms with Gasteiger partial charge in [0.2, 0.25) is 6.10 Å². The van der Waals surface area contributed by atoms with E-state index in [9.17, 15) is 4.79 Å². The second-order valence-corrected chi connectivity index (χ2v) is 7.57. The first kappa shape index (κ1) is 17.1. The molecule has 0 aromatic heterocycles. The molecule has 4 rings (SSSR count). The molecule has 6 heteroatoms. The SMILES string of the molecule is O=C(NCc1ccc(N2CCSCC2)cc1)C1COc2ccccc2O1. The molecule has 2 heterocycles. The molecular formula is C20H22N2O3S. The third kappa shape index (κ3) is 3.90. The number of nitrogens with one attached hydrogen (secondary N) is 1. The zero-order chi connectivity index (χ0) is 17.8. The van der Waals surface area contributed by atoms with Crippen molar-refractivity contribution in [1.82, 2.24) is 5.32 Å². The minimum absolute atomic E-state index is 0.156. The number of hydrogen-bond donors (Lipinski definition) is 1. The number of amides is 1. The van der Waals surface area contributed by atoms with Crippen LogP contribution < -0.4 is 19.7 Å². The normalized spacial score (nSPS) is 19.1. The average Bonchev–Trinajstić information content (AvgIpc) is 2.72. The van der Waals surface area contributed by atoms with Crippen molar-refractivity contribution in [2.75, 3.05) is 36.1 Å². The Morgan fingerprint density at radius 2 is 1.81 bits per heavy atom. The maximum absolute atomic E-state index is 12.4. The summed E-state index contributed by atoms with van der Waals surface area (Å²) in [4.78, 5) is 14.8. The minimum atomic E-state index is -0.616. The minimum Gasteiger partial charge on any atom is -0.485 e. The van der Waals surface area contributed by atoms with Gasteiger partial charge in [-0.2, -0.15) is 11.8 Å². The molecule has 0 spiro atoms. The maximum atomic E-state index is 12.4. The number of para-hydroxylation sites is 2. The van der Waals surface area contributed by atoms with Crippen molar-refractivity contribution in [1.29, 1.82) is 0 Å². The Balaban J connectivity index is 1.30. The lowest BCUT2D eigenvalue weighted by molar-refractivity contribution is -0.130. The van der Waals surface area contributed by atoms with Crippen molar-refractivity contribution >= 4 is 23.4 Å². The molecule has 0 bridgehead atoms. The van der Waals surface area contributed by atoms with E-state index >= 15 is 0 Å². The molecular weight excluding hydrogens is 348 g/mol. The van der Waals surface area contributed by atoms with Crippen LogP contribution in [0.2, 0.25) is 0 Å². The van der Waals surface area contributed by atoms with Gasteiger partial charge < -0.3 is 19.7 Å². The number of carbonyl (C=O) groups is 1. The first-order valence-corrected chi connectivity index (χ1v) is 10.0. The summed E-state index contributed by atoms with van der Waals surface area (Å²) in [5, 5.41) is 2.94. The highest BCUT2D eigenvalue weighted by atomic mass is 32.2. The number of hydrogen-bond acceptors (Lipinski definition) is 5. The highest BCUT2D eigenvalue weighted by Crippen LogP contribution is 2.30. The van der Waals surface area contributed by atoms with Gasteiger partial charge in [-0.05, 0) is 29.8 Å². The van der Waals surface area contributed by atoms with Gasteiger partial charge in [-0.15, -0.1) is 0 Å². The summed E-state index contributed by atoms with van der Waals surface area (Å²) in [6.45, 7) is 2.91. The van der Waals surface area contributed by atoms with E-state index in [0.717, 1.165) is 18.7 Å². The van der Waals surface area contributed by atoms with Crippen LogP contribution in [0.4, 0.5) is 5.69 Å². The van der Waals surface area contributed by atoms with Crippen LogP contribution in [0.3, 0.4) is 0 Å². The molecule has 1 saturated heterocycles. The number of benzene rings is 2. The predicted molar refractivity (Wildman–Crippen MR) is 104 cm³/mol. The van der Waals surface area contributed by atoms with Gasteiger partial charge in [-0.3, -0.25) is 4.79 Å². The Kier molecular flexibility index (Phi) is 5.20. The van der Waals surface area contributed by atoms with Crippen molar-refractivity contribution < 1.29 is 14.3 Å². The highest BCUT2D eigenvalue weighted by molar-refractivity contribution is 7.99. The Bertz CT molecular complexity index is 760. The van der Waals surface area contributed by atoms with E-state index in [-0.39, 0.29) is 12.5 Å². The zero-order valence-corrected chi connectivity index (χ0v) is 15.3. The van der Waals surface area contributed by atoms with Gasteiger partial charge in [0.15, 0.2) is 11.5 Å². The lowest BCUT2D eigenvalue weighted by Gasteiger charge is -2.28. The second-order valence-electron chi connectivity index (χ2n) is 6.35. The van der Waals surface area contributed by atoms with Crippen LogP contribution in [-0.2, 0) is 11.3 Å². The fraction of sp³-hybridized carbons (Fsp3) is 0.350. The highest BCUT2D eigenvalue weighted by Gasteiger charge is 2.26. The fourth-order valence-electron chi connectivity index (χ4n) is 3.10. The van der Waals surface area contributed by atoms with Crippen molar-refractivity contribution in [3.8, 4) is 11.5 Å². The van der Waals surface area contributed by atoms with Crippen molar-refractivity contribution in [3.63, 3.8) is 0 Å². The average molecular weight is 370 g/mol. The third-order valence-corrected chi connectivity index (χ3v) is 5.52. The number of carbonyl (C=O) groups excluding carboxylic acids is 1. The molecule has 0 aliphatic carbocycles. The molecule has 2 aromatic rings. The van der Waals surface area contributed by atoms with E-state index in [2.05, 4.69) is 34.5 Å². The second kappa shape index (κ2) is 7.91. The number of nitrogens with zero attached hydrogens (tertiary/aromatic N) is 1. The Morgan fingerprint density at radius 3 is 2.58 bits per heavy atom. The molecule has 26 heavy (non-hydrogen) atoms. The molecule has 0 saturated carbocycles. The fourth-order valence-corrected chi connectivity index (χ4v) is 4.00. The van der Waals surface area contributed by atoms with Gasteiger partial charge in [0, 0.05) is 36.8 Å². The quantitative estimate of drug-likeness (QED) is 0.897. The number of fused-ring (bicyclic) bond motifs is 1. The van der Waals surface area contributed by atoms with Crippen LogP contribution in [0.15, 0.2) is 48.5 Å². The summed E-state index contributed by atoms with van der Waals surface area (Å²) in [5.41, 5.74) is 2.33. The van der Waals surface area contributed by atoms with Gasteiger partial charge in [-0.25, -0.2) is 0 Å². The lowest BCUT2D eigenvalue weighted by atomic mass is 10.2. The van der Waals surface area contributed by atoms with Crippen LogP contribution in [0.1, 0.15) is 5.56 Å². The van der Waals surface area contributed by atoms with Gasteiger partial charge in [0.1, 0.15) is 6.61 Å². The first-order chi connectivity index (χ1) is 12.8. The van der Waals surface area contributed by atoms with Gasteiger partial charge in [-0.1, -0.05) is 24.3 Å². The van der Waals surface area contributed by atoms with Gasteiger partial charge in [0.05, 0.1) is 0 Å². The van der Waals surface area contributed by atoms with Gasteiger partial charge in [0.25, 0.3) is 5.91 Å². The molecule has 1 unspecified atom stereocenters. The molecule has 0 radical (unpaired) electrons. The Labute approximate surface area is 157 Å². The molecule has 1 amide bonds. The number of thioether (sulfide) groups is 1. The van der Waals surface area contributed by atoms with Crippen LogP contribution >= 0.6 is 11.8 Å². The van der Waals surface area contributed by atoms with Crippen LogP contribution in [0.5, 0.6) is 11.5 Å². The van der Waals surface area contributed by atoms with E-state index in [1.807, 2.05) is 36.0 Å². The number of rotatable bonds is 4. The summed E-state index contributed by atoms with van der Waals surface area (Å²) < 4.78 is 11.3. The van der Waals surface area contributed by atoms with Crippen molar-refractivity contribution in [2.45, 2.75) is 12.6 Å². The molecule has 1 fully saturated rings. The lowest BCUT2D eigenvalue weighted by Crippen LogP contribution is -2.43. The molecule has 1 N–H and O–H groups in total. The van der Waals surface area contributed by atoms with Crippen LogP contribution in [0.25, 0.3) is 0 Å². The Morgan fingerprint density at radius 1 is 1.08 bits per heavy atom. The van der Waals surface area contributed by atoms with E-state index < -0.39 is 6.10 Å². The predicted octanol–water partition coefficient (Wildman–Crippen LogP) is 2.70. The zero-order valence-electron chi connectivity index (χ0n) is 14.5. The van der Waals surface area contributed by atoms with E-state index in [4.69, 9.17) is 9.47 Å². The topological polar surface area (TPSA) is 50.8 Å². The standard InChI is InChI=1S/C20H22N2O3S/c23-20(19-14-24-17-3-1-2-4-18(17)25-19)21-13-15-5-7-16(8-6-15)22-9-11-26-12-10-22/h1-8,19H,9-14H2,(H,21,23). The molecule has 2 aromatic carbocycles. The van der Waals surface area contributed by atoms with E-state index in [1.54, 1.807) is 0 Å². The summed E-state index contributed by atoms with van der Waals surface area (Å²) in [6.07, 6.45) is -0.616. The molecule has 5 nitrogen and oxygen atoms in total. The molecule has 136 valence electrons. The third-order valence-electron chi connectivity index (χ3n) is 4.58. The van der Waals surface area contributed by atoms with E-state index in [0.29, 0.717) is 18.0 Å². The largest absolute Gasteiger partial charge is 0.485 e. The Hall–Kier alpha value is -2.34. The maximum Gasteiger partial charge on any atom is 0.264 e. The molecule has 2 aliphatic heterocycles. The van der Waals surface area contributed by atoms with Crippen LogP contribution in [-0.4, -0.2) is 43.2 Å². The number of ether oxygens (including phenoxy) is 2. The monoisotopic (exact) mass is 370 g/mol. The summed E-state index contributed by atoms with van der Waals surface area (Å²) in [5.74, 6) is 3.51. The molecule has 1 atom stereocenters. The smallest absolute Gasteiger partial charge is 0.264 e. The van der Waals surface area contributed by atoms with E-state index in [1.165, 1.54) is 17.2 Å². The first-order valence-electron chi connectivity index (χ1n) is 8.87. The van der Waals surface area contributed by atoms with Crippen molar-refractivity contribution in [3.05, 3.63) is 54.1 Å². The summed E-state index contributed by atoms with van der Waals surface area (Å²) >= 11 is 2.01. The van der Waals surface area contributed by atoms with Gasteiger partial charge >= 0.3 is 0 Å². The summed E-state index contributed by atoms with van der Waals surface area (Å²) in [7, 11) is 0. The van der Waals surface area contributed by atoms with Crippen LogP contribution in [0, 0.1) is 0 Å². The number of anilines is 1. The van der Waals surface area contributed by atoms with Crippen molar-refractivity contribution in [2.24, 2.45) is 0 Å². The summed E-state index contributed by atoms with van der Waals surface area (Å²) in [6, 6.07) is 15.8. The molecule has 2 aliphatic rings.